The van der Waals surface area contributed by atoms with Crippen molar-refractivity contribution < 1.29 is 35.3 Å². The SMILES string of the molecule is O=P([O-])(Oc1ccccc1)Oc1ccccc1.[Co+3]. The molecule has 0 unspecified atom stereocenters. The van der Waals surface area contributed by atoms with Gasteiger partial charge in [-0.15, -0.1) is 0 Å². The van der Waals surface area contributed by atoms with Gasteiger partial charge >= 0.3 is 24.6 Å². The molecule has 0 bridgehead atoms. The van der Waals surface area contributed by atoms with Gasteiger partial charge in [0.2, 0.25) is 0 Å². The predicted molar refractivity (Wildman–Crippen MR) is 61.7 cm³/mol. The molecule has 18 heavy (non-hydrogen) atoms. The maximum atomic E-state index is 11.6. The molecule has 0 aromatic heterocycles. The Bertz CT molecular complexity index is 473. The summed E-state index contributed by atoms with van der Waals surface area (Å²) in [6, 6.07) is 16.4. The molecular weight excluding hydrogens is 298 g/mol. The zero-order valence-corrected chi connectivity index (χ0v) is 11.1. The average molecular weight is 308 g/mol. The molecule has 0 atom stereocenters. The number of hydrogen-bond donors (Lipinski definition) is 0. The molecule has 0 aliphatic heterocycles. The molecule has 0 amide bonds. The molecular formula is C12H10CoO4P+2. The fraction of sp³-hybridized carbons (Fsp3) is 0. The number of phosphoric ester groups is 1. The van der Waals surface area contributed by atoms with Crippen LogP contribution in [-0.4, -0.2) is 0 Å². The van der Waals surface area contributed by atoms with Crippen molar-refractivity contribution >= 4 is 7.82 Å². The van der Waals surface area contributed by atoms with E-state index in [-0.39, 0.29) is 28.3 Å². The van der Waals surface area contributed by atoms with Gasteiger partial charge in [-0.1, -0.05) is 36.4 Å². The van der Waals surface area contributed by atoms with Crippen molar-refractivity contribution in [1.82, 2.24) is 0 Å². The summed E-state index contributed by atoms with van der Waals surface area (Å²) in [4.78, 5) is 11.6. The zero-order valence-electron chi connectivity index (χ0n) is 9.19. The monoisotopic (exact) mass is 308 g/mol. The summed E-state index contributed by atoms with van der Waals surface area (Å²) < 4.78 is 21.1. The minimum atomic E-state index is -4.39. The van der Waals surface area contributed by atoms with E-state index in [9.17, 15) is 9.46 Å². The van der Waals surface area contributed by atoms with Crippen LogP contribution in [0.3, 0.4) is 0 Å². The minimum absolute atomic E-state index is 0. The van der Waals surface area contributed by atoms with Crippen LogP contribution in [0.15, 0.2) is 60.7 Å². The summed E-state index contributed by atoms with van der Waals surface area (Å²) in [5.74, 6) is 0.448. The van der Waals surface area contributed by atoms with E-state index in [1.807, 2.05) is 0 Å². The Morgan fingerprint density at radius 3 is 1.44 bits per heavy atom. The summed E-state index contributed by atoms with van der Waals surface area (Å²) in [7, 11) is -4.39. The van der Waals surface area contributed by atoms with Crippen LogP contribution in [0, 0.1) is 0 Å². The summed E-state index contributed by atoms with van der Waals surface area (Å²) in [5.41, 5.74) is 0. The summed E-state index contributed by atoms with van der Waals surface area (Å²) >= 11 is 0. The number of phosphoric acid groups is 1. The first-order valence-corrected chi connectivity index (χ1v) is 6.42. The normalized spacial score (nSPS) is 10.3. The van der Waals surface area contributed by atoms with Gasteiger partial charge in [0.25, 0.3) is 0 Å². The Morgan fingerprint density at radius 1 is 0.778 bits per heavy atom. The van der Waals surface area contributed by atoms with Gasteiger partial charge in [0, 0.05) is 0 Å². The van der Waals surface area contributed by atoms with Crippen molar-refractivity contribution in [2.24, 2.45) is 0 Å². The molecule has 2 rings (SSSR count). The van der Waals surface area contributed by atoms with Crippen LogP contribution < -0.4 is 13.9 Å². The average Bonchev–Trinajstić information content (AvgIpc) is 2.30. The maximum absolute atomic E-state index is 11.6. The van der Waals surface area contributed by atoms with Crippen molar-refractivity contribution in [3.63, 3.8) is 0 Å². The second-order valence-corrected chi connectivity index (χ2v) is 4.52. The summed E-state index contributed by atoms with van der Waals surface area (Å²) in [6.45, 7) is 0. The second-order valence-electron chi connectivity index (χ2n) is 3.26. The van der Waals surface area contributed by atoms with Crippen molar-refractivity contribution in [2.75, 3.05) is 0 Å². The number of para-hydroxylation sites is 2. The zero-order chi connectivity index (χ0) is 12.1. The van der Waals surface area contributed by atoms with Crippen LogP contribution in [-0.2, 0) is 21.3 Å². The van der Waals surface area contributed by atoms with Crippen LogP contribution in [0.25, 0.3) is 0 Å². The van der Waals surface area contributed by atoms with E-state index in [1.165, 1.54) is 0 Å². The Morgan fingerprint density at radius 2 is 1.11 bits per heavy atom. The molecule has 6 heteroatoms. The quantitative estimate of drug-likeness (QED) is 0.815. The van der Waals surface area contributed by atoms with Gasteiger partial charge in [-0.3, -0.25) is 0 Å². The van der Waals surface area contributed by atoms with E-state index in [0.29, 0.717) is 0 Å². The number of rotatable bonds is 4. The van der Waals surface area contributed by atoms with Gasteiger partial charge in [-0.25, -0.2) is 4.57 Å². The molecule has 0 N–H and O–H groups in total. The van der Waals surface area contributed by atoms with Crippen molar-refractivity contribution in [3.05, 3.63) is 60.7 Å². The maximum Gasteiger partial charge on any atom is 3.00 e. The molecule has 4 nitrogen and oxygen atoms in total. The minimum Gasteiger partial charge on any atom is -0.736 e. The molecule has 0 fully saturated rings. The van der Waals surface area contributed by atoms with Crippen LogP contribution in [0.2, 0.25) is 0 Å². The molecule has 0 saturated heterocycles. The van der Waals surface area contributed by atoms with Crippen molar-refractivity contribution in [1.29, 1.82) is 0 Å². The fourth-order valence-electron chi connectivity index (χ4n) is 1.24. The molecule has 2 aromatic carbocycles. The van der Waals surface area contributed by atoms with E-state index >= 15 is 0 Å². The van der Waals surface area contributed by atoms with Gasteiger partial charge in [0.05, 0.1) is 0 Å². The third-order valence-electron chi connectivity index (χ3n) is 1.92. The fourth-order valence-corrected chi connectivity index (χ4v) is 2.04. The number of hydrogen-bond acceptors (Lipinski definition) is 4. The third-order valence-corrected chi connectivity index (χ3v) is 2.79. The van der Waals surface area contributed by atoms with Crippen molar-refractivity contribution in [3.8, 4) is 11.5 Å². The van der Waals surface area contributed by atoms with Gasteiger partial charge < -0.3 is 13.9 Å². The molecule has 0 aliphatic rings. The summed E-state index contributed by atoms with van der Waals surface area (Å²) in [5, 5.41) is 0. The first kappa shape index (κ1) is 14.8. The van der Waals surface area contributed by atoms with Crippen LogP contribution in [0.4, 0.5) is 0 Å². The largest absolute Gasteiger partial charge is 3.00 e. The van der Waals surface area contributed by atoms with E-state index < -0.39 is 7.82 Å². The van der Waals surface area contributed by atoms with Crippen LogP contribution in [0.1, 0.15) is 0 Å². The van der Waals surface area contributed by atoms with Gasteiger partial charge in [-0.2, -0.15) is 0 Å². The molecule has 94 valence electrons. The number of benzene rings is 2. The Labute approximate surface area is 115 Å². The standard InChI is InChI=1S/C12H11O4P.Co/c13-17(14,15-11-7-3-1-4-8-11)16-12-9-5-2-6-10-12;/h1-10H,(H,13,14);/q;+3/p-1. The molecule has 0 radical (unpaired) electrons. The molecule has 0 spiro atoms. The third kappa shape index (κ3) is 4.54. The molecule has 0 heterocycles. The first-order chi connectivity index (χ1) is 8.16. The van der Waals surface area contributed by atoms with E-state index in [2.05, 4.69) is 0 Å². The van der Waals surface area contributed by atoms with E-state index in [4.69, 9.17) is 9.05 Å². The Kier molecular flexibility index (Phi) is 5.43. The Hall–Kier alpha value is -1.26. The van der Waals surface area contributed by atoms with Crippen molar-refractivity contribution in [2.45, 2.75) is 0 Å². The summed E-state index contributed by atoms with van der Waals surface area (Å²) in [6.07, 6.45) is 0. The van der Waals surface area contributed by atoms with Gasteiger partial charge in [-0.05, 0) is 24.3 Å². The topological polar surface area (TPSA) is 58.6 Å². The second kappa shape index (κ2) is 6.61. The first-order valence-electron chi connectivity index (χ1n) is 4.96. The van der Waals surface area contributed by atoms with Crippen LogP contribution >= 0.6 is 7.82 Å². The molecule has 0 saturated carbocycles. The van der Waals surface area contributed by atoms with E-state index in [0.717, 1.165) is 0 Å². The van der Waals surface area contributed by atoms with Gasteiger partial charge in [0.15, 0.2) is 0 Å². The smallest absolute Gasteiger partial charge is 0.736 e. The van der Waals surface area contributed by atoms with Crippen LogP contribution in [0.5, 0.6) is 11.5 Å². The molecule has 2 aromatic rings. The Balaban J connectivity index is 0.00000162. The van der Waals surface area contributed by atoms with E-state index in [1.54, 1.807) is 60.7 Å². The molecule has 0 aliphatic carbocycles. The van der Waals surface area contributed by atoms with Gasteiger partial charge in [0.1, 0.15) is 11.5 Å². The predicted octanol–water partition coefficient (Wildman–Crippen LogP) is 2.61.